The summed E-state index contributed by atoms with van der Waals surface area (Å²) in [5.41, 5.74) is 0. The minimum absolute atomic E-state index is 0.507. The zero-order valence-corrected chi connectivity index (χ0v) is 14.2. The molecule has 1 unspecified atom stereocenters. The van der Waals surface area contributed by atoms with Crippen LogP contribution in [0.4, 0.5) is 0 Å². The fourth-order valence-electron chi connectivity index (χ4n) is 1.31. The molecule has 0 heterocycles. The Balaban J connectivity index is 3.86. The number of rotatable bonds is 13. The van der Waals surface area contributed by atoms with Gasteiger partial charge in [0.25, 0.3) is 0 Å². The molecule has 1 atom stereocenters. The molecule has 0 aromatic rings. The van der Waals surface area contributed by atoms with E-state index < -0.39 is 9.53 Å². The van der Waals surface area contributed by atoms with Crippen molar-refractivity contribution in [3.05, 3.63) is 0 Å². The van der Waals surface area contributed by atoms with Crippen LogP contribution < -0.4 is 0 Å². The standard InChI is InChI=1S/C13H30O3SSi/c1-4-7-9-14-18(15-10-8-5-2)16-11-13(6-3)12-17/h13,17-18H,4-12H2,1-3H3. The van der Waals surface area contributed by atoms with E-state index in [9.17, 15) is 0 Å². The molecule has 0 amide bonds. The summed E-state index contributed by atoms with van der Waals surface area (Å²) >= 11 is 4.32. The van der Waals surface area contributed by atoms with Crippen LogP contribution in [0.5, 0.6) is 0 Å². The van der Waals surface area contributed by atoms with E-state index in [0.717, 1.165) is 57.7 Å². The molecule has 0 aliphatic heterocycles. The first kappa shape index (κ1) is 18.4. The Kier molecular flexibility index (Phi) is 14.2. The summed E-state index contributed by atoms with van der Waals surface area (Å²) in [7, 11) is -1.91. The van der Waals surface area contributed by atoms with Crippen LogP contribution in [0.2, 0.25) is 0 Å². The smallest absolute Gasteiger partial charge is 0.376 e. The third-order valence-electron chi connectivity index (χ3n) is 2.81. The van der Waals surface area contributed by atoms with Gasteiger partial charge in [-0.1, -0.05) is 40.0 Å². The highest BCUT2D eigenvalue weighted by Crippen LogP contribution is 2.07. The minimum atomic E-state index is -1.91. The van der Waals surface area contributed by atoms with E-state index in [4.69, 9.17) is 13.3 Å². The van der Waals surface area contributed by atoms with E-state index in [1.54, 1.807) is 0 Å². The molecule has 0 aliphatic rings. The van der Waals surface area contributed by atoms with Gasteiger partial charge < -0.3 is 13.3 Å². The maximum Gasteiger partial charge on any atom is 0.484 e. The van der Waals surface area contributed by atoms with Crippen LogP contribution in [0.15, 0.2) is 0 Å². The maximum absolute atomic E-state index is 5.82. The summed E-state index contributed by atoms with van der Waals surface area (Å²) in [6.45, 7) is 8.72. The van der Waals surface area contributed by atoms with Crippen LogP contribution in [0.3, 0.4) is 0 Å². The second kappa shape index (κ2) is 13.9. The van der Waals surface area contributed by atoms with Gasteiger partial charge in [-0.15, -0.1) is 0 Å². The van der Waals surface area contributed by atoms with Crippen LogP contribution >= 0.6 is 12.6 Å². The Bertz CT molecular complexity index is 158. The molecule has 0 aromatic heterocycles. The van der Waals surface area contributed by atoms with Crippen LogP contribution in [-0.2, 0) is 13.3 Å². The quantitative estimate of drug-likeness (QED) is 0.321. The minimum Gasteiger partial charge on any atom is -0.376 e. The molecule has 0 rings (SSSR count). The molecule has 0 aromatic carbocycles. The van der Waals surface area contributed by atoms with E-state index in [1.165, 1.54) is 0 Å². The molecular weight excluding hydrogens is 264 g/mol. The van der Waals surface area contributed by atoms with Gasteiger partial charge in [0.05, 0.1) is 0 Å². The molecule has 0 aliphatic carbocycles. The molecule has 0 saturated heterocycles. The predicted molar refractivity (Wildman–Crippen MR) is 82.5 cm³/mol. The van der Waals surface area contributed by atoms with Crippen molar-refractivity contribution >= 4 is 22.2 Å². The zero-order valence-electron chi connectivity index (χ0n) is 12.2. The first-order valence-corrected chi connectivity index (χ1v) is 9.28. The highest BCUT2D eigenvalue weighted by molar-refractivity contribution is 7.80. The molecular formula is C13H30O3SSi. The van der Waals surface area contributed by atoms with Crippen LogP contribution in [-0.4, -0.2) is 35.1 Å². The predicted octanol–water partition coefficient (Wildman–Crippen LogP) is 3.31. The molecule has 0 spiro atoms. The molecule has 5 heteroatoms. The van der Waals surface area contributed by atoms with Crippen molar-refractivity contribution in [2.24, 2.45) is 5.92 Å². The van der Waals surface area contributed by atoms with Gasteiger partial charge in [0.2, 0.25) is 0 Å². The number of hydrogen-bond donors (Lipinski definition) is 1. The van der Waals surface area contributed by atoms with Gasteiger partial charge in [-0.05, 0) is 24.5 Å². The van der Waals surface area contributed by atoms with E-state index in [2.05, 4.69) is 33.4 Å². The first-order chi connectivity index (χ1) is 8.78. The lowest BCUT2D eigenvalue weighted by Crippen LogP contribution is -2.30. The Morgan fingerprint density at radius 1 is 0.944 bits per heavy atom. The Morgan fingerprint density at radius 3 is 1.89 bits per heavy atom. The number of hydrogen-bond acceptors (Lipinski definition) is 4. The average molecular weight is 295 g/mol. The summed E-state index contributed by atoms with van der Waals surface area (Å²) in [5, 5.41) is 0. The largest absolute Gasteiger partial charge is 0.484 e. The summed E-state index contributed by atoms with van der Waals surface area (Å²) in [4.78, 5) is 0. The van der Waals surface area contributed by atoms with Crippen molar-refractivity contribution in [1.82, 2.24) is 0 Å². The van der Waals surface area contributed by atoms with Crippen LogP contribution in [0.1, 0.15) is 52.9 Å². The third-order valence-corrected chi connectivity index (χ3v) is 4.80. The Hall–Kier alpha value is 0.447. The lowest BCUT2D eigenvalue weighted by atomic mass is 10.1. The molecule has 3 nitrogen and oxygen atoms in total. The van der Waals surface area contributed by atoms with Gasteiger partial charge in [-0.3, -0.25) is 0 Å². The molecule has 0 radical (unpaired) electrons. The summed E-state index contributed by atoms with van der Waals surface area (Å²) in [5.74, 6) is 1.37. The first-order valence-electron chi connectivity index (χ1n) is 7.24. The lowest BCUT2D eigenvalue weighted by Gasteiger charge is -2.19. The molecule has 0 N–H and O–H groups in total. The highest BCUT2D eigenvalue weighted by Gasteiger charge is 2.17. The van der Waals surface area contributed by atoms with Gasteiger partial charge in [-0.2, -0.15) is 12.6 Å². The SMILES string of the molecule is CCCCO[SiH](OCCCC)OCC(CC)CS. The Labute approximate surface area is 120 Å². The summed E-state index contributed by atoms with van der Waals surface area (Å²) in [6.07, 6.45) is 5.53. The number of unbranched alkanes of at least 4 members (excludes halogenated alkanes) is 2. The second-order valence-electron chi connectivity index (χ2n) is 4.53. The van der Waals surface area contributed by atoms with Crippen molar-refractivity contribution in [3.63, 3.8) is 0 Å². The molecule has 0 bridgehead atoms. The Morgan fingerprint density at radius 2 is 1.50 bits per heavy atom. The van der Waals surface area contributed by atoms with Crippen LogP contribution in [0.25, 0.3) is 0 Å². The van der Waals surface area contributed by atoms with Crippen molar-refractivity contribution < 1.29 is 13.3 Å². The maximum atomic E-state index is 5.82. The third kappa shape index (κ3) is 10.4. The second-order valence-corrected chi connectivity index (χ2v) is 6.47. The normalized spacial score (nSPS) is 13.2. The summed E-state index contributed by atoms with van der Waals surface area (Å²) < 4.78 is 17.3. The topological polar surface area (TPSA) is 27.7 Å². The van der Waals surface area contributed by atoms with Crippen LogP contribution in [0, 0.1) is 5.92 Å². The fraction of sp³-hybridized carbons (Fsp3) is 1.00. The number of thiol groups is 1. The van der Waals surface area contributed by atoms with Crippen molar-refractivity contribution in [3.8, 4) is 0 Å². The fourth-order valence-corrected chi connectivity index (χ4v) is 3.11. The summed E-state index contributed by atoms with van der Waals surface area (Å²) in [6, 6.07) is 0. The van der Waals surface area contributed by atoms with E-state index >= 15 is 0 Å². The van der Waals surface area contributed by atoms with E-state index in [0.29, 0.717) is 5.92 Å². The molecule has 110 valence electrons. The van der Waals surface area contributed by atoms with Crippen molar-refractivity contribution in [2.45, 2.75) is 52.9 Å². The van der Waals surface area contributed by atoms with E-state index in [-0.39, 0.29) is 0 Å². The molecule has 18 heavy (non-hydrogen) atoms. The lowest BCUT2D eigenvalue weighted by molar-refractivity contribution is 0.0802. The van der Waals surface area contributed by atoms with E-state index in [1.807, 2.05) is 0 Å². The zero-order chi connectivity index (χ0) is 13.6. The van der Waals surface area contributed by atoms with Gasteiger partial charge >= 0.3 is 9.53 Å². The van der Waals surface area contributed by atoms with Gasteiger partial charge in [-0.25, -0.2) is 0 Å². The van der Waals surface area contributed by atoms with Crippen molar-refractivity contribution in [1.29, 1.82) is 0 Å². The molecule has 0 saturated carbocycles. The highest BCUT2D eigenvalue weighted by atomic mass is 32.1. The van der Waals surface area contributed by atoms with Gasteiger partial charge in [0, 0.05) is 19.8 Å². The van der Waals surface area contributed by atoms with Gasteiger partial charge in [0.15, 0.2) is 0 Å². The monoisotopic (exact) mass is 294 g/mol. The molecule has 0 fully saturated rings. The van der Waals surface area contributed by atoms with Gasteiger partial charge in [0.1, 0.15) is 0 Å². The van der Waals surface area contributed by atoms with Crippen molar-refractivity contribution in [2.75, 3.05) is 25.6 Å². The average Bonchev–Trinajstić information content (AvgIpc) is 2.39.